The Labute approximate surface area is 102 Å². The minimum Gasteiger partial charge on any atom is -0.481 e. The highest BCUT2D eigenvalue weighted by molar-refractivity contribution is 5.67. The molecule has 1 heterocycles. The summed E-state index contributed by atoms with van der Waals surface area (Å²) in [6.45, 7) is 5.43. The Bertz CT molecular complexity index is 350. The van der Waals surface area contributed by atoms with Crippen molar-refractivity contribution in [2.75, 3.05) is 13.1 Å². The second kappa shape index (κ2) is 6.35. The van der Waals surface area contributed by atoms with E-state index >= 15 is 0 Å². The monoisotopic (exact) mass is 236 g/mol. The van der Waals surface area contributed by atoms with Crippen molar-refractivity contribution < 1.29 is 9.90 Å². The zero-order chi connectivity index (χ0) is 12.7. The van der Waals surface area contributed by atoms with E-state index in [1.165, 1.54) is 0 Å². The molecule has 2 N–H and O–H groups in total. The Morgan fingerprint density at radius 1 is 1.47 bits per heavy atom. The molecule has 1 aromatic heterocycles. The first-order valence-electron chi connectivity index (χ1n) is 5.82. The predicted molar refractivity (Wildman–Crippen MR) is 66.8 cm³/mol. The van der Waals surface area contributed by atoms with Crippen LogP contribution in [0.3, 0.4) is 0 Å². The van der Waals surface area contributed by atoms with Gasteiger partial charge < -0.3 is 10.4 Å². The van der Waals surface area contributed by atoms with Crippen LogP contribution in [0.25, 0.3) is 0 Å². The van der Waals surface area contributed by atoms with Crippen molar-refractivity contribution in [1.29, 1.82) is 0 Å². The van der Waals surface area contributed by atoms with Crippen LogP contribution >= 0.6 is 0 Å². The lowest BCUT2D eigenvalue weighted by atomic mass is 9.89. The van der Waals surface area contributed by atoms with Crippen LogP contribution < -0.4 is 5.32 Å². The third-order valence-electron chi connectivity index (χ3n) is 2.52. The smallest absolute Gasteiger partial charge is 0.303 e. The summed E-state index contributed by atoms with van der Waals surface area (Å²) in [5.74, 6) is -0.749. The third kappa shape index (κ3) is 6.02. The van der Waals surface area contributed by atoms with Crippen molar-refractivity contribution in [3.8, 4) is 0 Å². The van der Waals surface area contributed by atoms with E-state index in [1.807, 2.05) is 32.0 Å². The van der Waals surface area contributed by atoms with Gasteiger partial charge in [0.1, 0.15) is 0 Å². The predicted octanol–water partition coefficient (Wildman–Crippen LogP) is 1.71. The van der Waals surface area contributed by atoms with Crippen molar-refractivity contribution in [2.45, 2.75) is 26.7 Å². The standard InChI is InChI=1S/C13H20N2O2/c1-13(2,9-12(16)17)10-14-8-6-11-5-3-4-7-15-11/h3-5,7,14H,6,8-10H2,1-2H3,(H,16,17). The number of carboxylic acid groups (broad SMARTS) is 1. The maximum atomic E-state index is 10.6. The molecule has 1 rings (SSSR count). The summed E-state index contributed by atoms with van der Waals surface area (Å²) >= 11 is 0. The molecule has 0 aliphatic heterocycles. The summed E-state index contributed by atoms with van der Waals surface area (Å²) in [4.78, 5) is 14.9. The minimum absolute atomic E-state index is 0.184. The average molecular weight is 236 g/mol. The highest BCUT2D eigenvalue weighted by atomic mass is 16.4. The first-order valence-corrected chi connectivity index (χ1v) is 5.82. The summed E-state index contributed by atoms with van der Waals surface area (Å²) in [6.07, 6.45) is 2.83. The second-order valence-electron chi connectivity index (χ2n) is 4.98. The van der Waals surface area contributed by atoms with E-state index in [0.717, 1.165) is 18.7 Å². The molecular weight excluding hydrogens is 216 g/mol. The van der Waals surface area contributed by atoms with Gasteiger partial charge >= 0.3 is 5.97 Å². The lowest BCUT2D eigenvalue weighted by Crippen LogP contribution is -2.32. The van der Waals surface area contributed by atoms with Crippen LogP contribution in [0.4, 0.5) is 0 Å². The van der Waals surface area contributed by atoms with E-state index in [2.05, 4.69) is 10.3 Å². The summed E-state index contributed by atoms with van der Waals surface area (Å²) in [5.41, 5.74) is 0.840. The zero-order valence-electron chi connectivity index (χ0n) is 10.4. The quantitative estimate of drug-likeness (QED) is 0.708. The largest absolute Gasteiger partial charge is 0.481 e. The van der Waals surface area contributed by atoms with Gasteiger partial charge in [-0.25, -0.2) is 0 Å². The molecule has 0 saturated carbocycles. The van der Waals surface area contributed by atoms with E-state index < -0.39 is 5.97 Å². The molecule has 0 fully saturated rings. The van der Waals surface area contributed by atoms with Crippen molar-refractivity contribution in [1.82, 2.24) is 10.3 Å². The van der Waals surface area contributed by atoms with Gasteiger partial charge in [-0.3, -0.25) is 9.78 Å². The molecular formula is C13H20N2O2. The molecule has 0 aliphatic rings. The Morgan fingerprint density at radius 2 is 2.24 bits per heavy atom. The highest BCUT2D eigenvalue weighted by Gasteiger charge is 2.20. The third-order valence-corrected chi connectivity index (χ3v) is 2.52. The number of hydrogen-bond donors (Lipinski definition) is 2. The zero-order valence-corrected chi connectivity index (χ0v) is 10.4. The normalized spacial score (nSPS) is 11.4. The molecule has 0 unspecified atom stereocenters. The highest BCUT2D eigenvalue weighted by Crippen LogP contribution is 2.18. The number of carbonyl (C=O) groups is 1. The van der Waals surface area contributed by atoms with E-state index in [9.17, 15) is 4.79 Å². The van der Waals surface area contributed by atoms with Crippen LogP contribution in [0.2, 0.25) is 0 Å². The van der Waals surface area contributed by atoms with Crippen molar-refractivity contribution >= 4 is 5.97 Å². The lowest BCUT2D eigenvalue weighted by Gasteiger charge is -2.22. The number of nitrogens with one attached hydrogen (secondary N) is 1. The van der Waals surface area contributed by atoms with Crippen LogP contribution in [-0.2, 0) is 11.2 Å². The van der Waals surface area contributed by atoms with Gasteiger partial charge in [0.25, 0.3) is 0 Å². The van der Waals surface area contributed by atoms with Gasteiger partial charge in [-0.1, -0.05) is 19.9 Å². The molecule has 4 heteroatoms. The molecule has 0 bridgehead atoms. The molecule has 0 amide bonds. The Balaban J connectivity index is 2.22. The number of carboxylic acids is 1. The number of rotatable bonds is 7. The summed E-state index contributed by atoms with van der Waals surface area (Å²) in [5, 5.41) is 12.0. The average Bonchev–Trinajstić information content (AvgIpc) is 2.24. The van der Waals surface area contributed by atoms with Gasteiger partial charge in [0.05, 0.1) is 6.42 Å². The van der Waals surface area contributed by atoms with Gasteiger partial charge in [-0.2, -0.15) is 0 Å². The first-order chi connectivity index (χ1) is 7.99. The number of hydrogen-bond acceptors (Lipinski definition) is 3. The molecule has 4 nitrogen and oxygen atoms in total. The molecule has 1 aromatic rings. The van der Waals surface area contributed by atoms with Crippen LogP contribution in [0.5, 0.6) is 0 Å². The fraction of sp³-hybridized carbons (Fsp3) is 0.538. The Kier molecular flexibility index (Phi) is 5.10. The molecule has 0 aromatic carbocycles. The molecule has 0 aliphatic carbocycles. The van der Waals surface area contributed by atoms with E-state index in [4.69, 9.17) is 5.11 Å². The maximum Gasteiger partial charge on any atom is 0.303 e. The van der Waals surface area contributed by atoms with E-state index in [1.54, 1.807) is 6.20 Å². The number of aromatic nitrogens is 1. The Morgan fingerprint density at radius 3 is 2.82 bits per heavy atom. The fourth-order valence-corrected chi connectivity index (χ4v) is 1.66. The SMILES string of the molecule is CC(C)(CNCCc1ccccn1)CC(=O)O. The van der Waals surface area contributed by atoms with Gasteiger partial charge in [0.2, 0.25) is 0 Å². The number of nitrogens with zero attached hydrogens (tertiary/aromatic N) is 1. The minimum atomic E-state index is -0.749. The maximum absolute atomic E-state index is 10.6. The first kappa shape index (κ1) is 13.6. The second-order valence-corrected chi connectivity index (χ2v) is 4.98. The van der Waals surface area contributed by atoms with Gasteiger partial charge in [-0.15, -0.1) is 0 Å². The van der Waals surface area contributed by atoms with Crippen LogP contribution in [-0.4, -0.2) is 29.1 Å². The molecule has 0 radical (unpaired) electrons. The van der Waals surface area contributed by atoms with Crippen molar-refractivity contribution in [3.05, 3.63) is 30.1 Å². The summed E-state index contributed by atoms with van der Waals surface area (Å²) in [6, 6.07) is 5.85. The summed E-state index contributed by atoms with van der Waals surface area (Å²) in [7, 11) is 0. The topological polar surface area (TPSA) is 62.2 Å². The lowest BCUT2D eigenvalue weighted by molar-refractivity contribution is -0.139. The number of pyridine rings is 1. The number of aliphatic carboxylic acids is 1. The fourth-order valence-electron chi connectivity index (χ4n) is 1.66. The van der Waals surface area contributed by atoms with Crippen molar-refractivity contribution in [3.63, 3.8) is 0 Å². The Hall–Kier alpha value is -1.42. The molecule has 0 spiro atoms. The van der Waals surface area contributed by atoms with E-state index in [-0.39, 0.29) is 11.8 Å². The summed E-state index contributed by atoms with van der Waals surface area (Å²) < 4.78 is 0. The van der Waals surface area contributed by atoms with Crippen LogP contribution in [0, 0.1) is 5.41 Å². The van der Waals surface area contributed by atoms with Crippen molar-refractivity contribution in [2.24, 2.45) is 5.41 Å². The van der Waals surface area contributed by atoms with Crippen LogP contribution in [0.15, 0.2) is 24.4 Å². The van der Waals surface area contributed by atoms with Crippen LogP contribution in [0.1, 0.15) is 26.0 Å². The van der Waals surface area contributed by atoms with Gasteiger partial charge in [0.15, 0.2) is 0 Å². The van der Waals surface area contributed by atoms with Gasteiger partial charge in [0, 0.05) is 31.4 Å². The molecule has 0 atom stereocenters. The van der Waals surface area contributed by atoms with E-state index in [0.29, 0.717) is 6.54 Å². The van der Waals surface area contributed by atoms with Gasteiger partial charge in [-0.05, 0) is 17.5 Å². The molecule has 94 valence electrons. The molecule has 17 heavy (non-hydrogen) atoms. The molecule has 0 saturated heterocycles.